The maximum absolute atomic E-state index is 5.63. The van der Waals surface area contributed by atoms with Crippen LogP contribution in [0.2, 0.25) is 0 Å². The number of hydrogen-bond acceptors (Lipinski definition) is 12. The highest BCUT2D eigenvalue weighted by molar-refractivity contribution is 5.64. The van der Waals surface area contributed by atoms with E-state index in [1.807, 2.05) is 0 Å². The number of nitrogens with two attached hydrogens (primary N) is 4. The minimum atomic E-state index is 0.0137. The van der Waals surface area contributed by atoms with Gasteiger partial charge >= 0.3 is 0 Å². The lowest BCUT2D eigenvalue weighted by molar-refractivity contribution is 1.06. The Balaban J connectivity index is 1.76. The van der Waals surface area contributed by atoms with E-state index in [4.69, 9.17) is 22.9 Å². The molecule has 0 atom stereocenters. The quantitative estimate of drug-likeness (QED) is 0.378. The molecular weight excluding hydrogens is 360 g/mol. The predicted molar refractivity (Wildman–Crippen MR) is 103 cm³/mol. The van der Waals surface area contributed by atoms with Crippen molar-refractivity contribution in [3.05, 3.63) is 36.4 Å². The molecule has 0 unspecified atom stereocenters. The zero-order valence-electron chi connectivity index (χ0n) is 14.4. The summed E-state index contributed by atoms with van der Waals surface area (Å²) < 4.78 is 0. The lowest BCUT2D eigenvalue weighted by atomic mass is 10.2. The van der Waals surface area contributed by atoms with E-state index in [0.717, 1.165) is 0 Å². The van der Waals surface area contributed by atoms with E-state index in [0.29, 0.717) is 22.8 Å². The van der Waals surface area contributed by atoms with E-state index in [-0.39, 0.29) is 35.4 Å². The predicted octanol–water partition coefficient (Wildman–Crippen LogP) is 0.176. The molecule has 0 radical (unpaired) electrons. The summed E-state index contributed by atoms with van der Waals surface area (Å²) in [6.45, 7) is 0. The summed E-state index contributed by atoms with van der Waals surface area (Å²) in [6, 6.07) is 10.6. The van der Waals surface area contributed by atoms with Gasteiger partial charge in [0, 0.05) is 0 Å². The van der Waals surface area contributed by atoms with Crippen molar-refractivity contribution < 1.29 is 0 Å². The van der Waals surface area contributed by atoms with Crippen LogP contribution in [0.4, 0.5) is 23.8 Å². The molecule has 4 rings (SSSR count). The van der Waals surface area contributed by atoms with Crippen LogP contribution in [0.25, 0.3) is 34.4 Å². The molecule has 12 nitrogen and oxygen atoms in total. The summed E-state index contributed by atoms with van der Waals surface area (Å²) in [5, 5.41) is 0. The molecule has 4 aromatic heterocycles. The van der Waals surface area contributed by atoms with Gasteiger partial charge in [0.2, 0.25) is 23.8 Å². The second-order valence-corrected chi connectivity index (χ2v) is 5.57. The number of pyridine rings is 2. The number of aromatic nitrogens is 8. The van der Waals surface area contributed by atoms with Gasteiger partial charge in [-0.3, -0.25) is 0 Å². The molecule has 28 heavy (non-hydrogen) atoms. The van der Waals surface area contributed by atoms with Crippen LogP contribution < -0.4 is 22.9 Å². The summed E-state index contributed by atoms with van der Waals surface area (Å²) >= 11 is 0. The molecule has 8 N–H and O–H groups in total. The molecule has 12 heteroatoms. The monoisotopic (exact) mass is 374 g/mol. The second-order valence-electron chi connectivity index (χ2n) is 5.57. The van der Waals surface area contributed by atoms with Gasteiger partial charge in [-0.15, -0.1) is 0 Å². The smallest absolute Gasteiger partial charge is 0.225 e. The summed E-state index contributed by atoms with van der Waals surface area (Å²) in [5.74, 6) is 0.585. The minimum absolute atomic E-state index is 0.0137. The molecule has 4 heterocycles. The van der Waals surface area contributed by atoms with Crippen molar-refractivity contribution >= 4 is 23.8 Å². The maximum Gasteiger partial charge on any atom is 0.225 e. The summed E-state index contributed by atoms with van der Waals surface area (Å²) in [4.78, 5) is 32.8. The lowest BCUT2D eigenvalue weighted by Crippen LogP contribution is -2.05. The zero-order valence-corrected chi connectivity index (χ0v) is 14.4. The van der Waals surface area contributed by atoms with E-state index >= 15 is 0 Å². The fourth-order valence-electron chi connectivity index (χ4n) is 2.45. The van der Waals surface area contributed by atoms with Gasteiger partial charge in [-0.05, 0) is 24.3 Å². The third-order valence-corrected chi connectivity index (χ3v) is 3.56. The summed E-state index contributed by atoms with van der Waals surface area (Å²) in [7, 11) is 0. The SMILES string of the molecule is Nc1nc(N)nc(-c2cccc(-c3cccc(-c4nc(N)nc(N)n4)n3)n2)n1. The van der Waals surface area contributed by atoms with Gasteiger partial charge in [-0.25, -0.2) is 9.97 Å². The van der Waals surface area contributed by atoms with Gasteiger partial charge < -0.3 is 22.9 Å². The third-order valence-electron chi connectivity index (χ3n) is 3.56. The van der Waals surface area contributed by atoms with Crippen molar-refractivity contribution in [1.29, 1.82) is 0 Å². The summed E-state index contributed by atoms with van der Waals surface area (Å²) in [5.41, 5.74) is 24.6. The highest BCUT2D eigenvalue weighted by Gasteiger charge is 2.11. The van der Waals surface area contributed by atoms with Crippen LogP contribution in [0.1, 0.15) is 0 Å². The Morgan fingerprint density at radius 2 is 0.714 bits per heavy atom. The fraction of sp³-hybridized carbons (Fsp3) is 0. The number of anilines is 4. The molecule has 4 aromatic rings. The van der Waals surface area contributed by atoms with Crippen LogP contribution >= 0.6 is 0 Å². The molecule has 0 aliphatic heterocycles. The second kappa shape index (κ2) is 6.68. The fourth-order valence-corrected chi connectivity index (χ4v) is 2.45. The Morgan fingerprint density at radius 1 is 0.393 bits per heavy atom. The first-order chi connectivity index (χ1) is 13.5. The lowest BCUT2D eigenvalue weighted by Gasteiger charge is -2.06. The Hall–Kier alpha value is -4.48. The van der Waals surface area contributed by atoms with E-state index in [1.165, 1.54) is 0 Å². The molecule has 0 saturated carbocycles. The molecule has 0 bridgehead atoms. The molecule has 0 amide bonds. The van der Waals surface area contributed by atoms with E-state index < -0.39 is 0 Å². The molecular formula is C16H14N12. The van der Waals surface area contributed by atoms with Gasteiger partial charge in [0.15, 0.2) is 11.6 Å². The standard InChI is InChI=1S/C16H14N12/c17-13-23-11(24-14(18)27-13)9-5-1-3-7(21-9)8-4-2-6-10(22-8)12-25-15(19)28-16(20)26-12/h1-6H,(H4,17,18,23,24,27)(H4,19,20,25,26,28). The molecule has 138 valence electrons. The molecule has 0 saturated heterocycles. The first-order valence-corrected chi connectivity index (χ1v) is 7.97. The van der Waals surface area contributed by atoms with Crippen LogP contribution in [-0.4, -0.2) is 39.9 Å². The first kappa shape index (κ1) is 17.0. The highest BCUT2D eigenvalue weighted by Crippen LogP contribution is 2.22. The van der Waals surface area contributed by atoms with Gasteiger partial charge in [-0.1, -0.05) is 12.1 Å². The van der Waals surface area contributed by atoms with Crippen molar-refractivity contribution in [3.8, 4) is 34.4 Å². The average molecular weight is 374 g/mol. The van der Waals surface area contributed by atoms with Crippen molar-refractivity contribution in [1.82, 2.24) is 39.9 Å². The van der Waals surface area contributed by atoms with Crippen molar-refractivity contribution in [2.24, 2.45) is 0 Å². The maximum atomic E-state index is 5.63. The molecule has 0 aliphatic carbocycles. The normalized spacial score (nSPS) is 10.7. The van der Waals surface area contributed by atoms with Crippen molar-refractivity contribution in [3.63, 3.8) is 0 Å². The van der Waals surface area contributed by atoms with E-state index in [9.17, 15) is 0 Å². The van der Waals surface area contributed by atoms with Crippen LogP contribution in [-0.2, 0) is 0 Å². The van der Waals surface area contributed by atoms with E-state index in [1.54, 1.807) is 36.4 Å². The Morgan fingerprint density at radius 3 is 1.07 bits per heavy atom. The van der Waals surface area contributed by atoms with Gasteiger partial charge in [0.05, 0.1) is 11.4 Å². The molecule has 0 aromatic carbocycles. The third kappa shape index (κ3) is 3.41. The van der Waals surface area contributed by atoms with Crippen molar-refractivity contribution in [2.45, 2.75) is 0 Å². The van der Waals surface area contributed by atoms with Crippen LogP contribution in [0.3, 0.4) is 0 Å². The highest BCUT2D eigenvalue weighted by atomic mass is 15.2. The van der Waals surface area contributed by atoms with Crippen molar-refractivity contribution in [2.75, 3.05) is 22.9 Å². The molecule has 0 spiro atoms. The minimum Gasteiger partial charge on any atom is -0.368 e. The van der Waals surface area contributed by atoms with Crippen LogP contribution in [0.5, 0.6) is 0 Å². The van der Waals surface area contributed by atoms with Gasteiger partial charge in [-0.2, -0.15) is 29.9 Å². The summed E-state index contributed by atoms with van der Waals surface area (Å²) in [6.07, 6.45) is 0. The Kier molecular flexibility index (Phi) is 4.04. The Labute approximate surface area is 158 Å². The zero-order chi connectivity index (χ0) is 19.7. The largest absolute Gasteiger partial charge is 0.368 e. The Bertz CT molecular complexity index is 1040. The van der Waals surface area contributed by atoms with Crippen LogP contribution in [0, 0.1) is 0 Å². The number of nitrogens with zero attached hydrogens (tertiary/aromatic N) is 8. The van der Waals surface area contributed by atoms with Gasteiger partial charge in [0.1, 0.15) is 11.4 Å². The van der Waals surface area contributed by atoms with Crippen LogP contribution in [0.15, 0.2) is 36.4 Å². The number of rotatable bonds is 3. The topological polar surface area (TPSA) is 207 Å². The number of nitrogen functional groups attached to an aromatic ring is 4. The average Bonchev–Trinajstić information content (AvgIpc) is 2.67. The first-order valence-electron chi connectivity index (χ1n) is 7.97. The van der Waals surface area contributed by atoms with E-state index in [2.05, 4.69) is 39.9 Å². The molecule has 0 aliphatic rings. The van der Waals surface area contributed by atoms with Gasteiger partial charge in [0.25, 0.3) is 0 Å². The molecule has 0 fully saturated rings. The number of hydrogen-bond donors (Lipinski definition) is 4.